The molecule has 0 unspecified atom stereocenters. The third kappa shape index (κ3) is 3.63. The topological polar surface area (TPSA) is 72.7 Å². The van der Waals surface area contributed by atoms with E-state index >= 15 is 0 Å². The third-order valence-electron chi connectivity index (χ3n) is 4.98. The molecule has 1 atom stereocenters. The molecule has 128 valence electrons. The Kier molecular flexibility index (Phi) is 5.23. The van der Waals surface area contributed by atoms with Gasteiger partial charge in [-0.15, -0.1) is 5.10 Å². The summed E-state index contributed by atoms with van der Waals surface area (Å²) in [6, 6.07) is 10.5. The maximum absolute atomic E-state index is 13.0. The molecule has 24 heavy (non-hydrogen) atoms. The summed E-state index contributed by atoms with van der Waals surface area (Å²) in [5.74, 6) is 0.0510. The van der Waals surface area contributed by atoms with Gasteiger partial charge < -0.3 is 5.32 Å². The average molecular weight is 327 g/mol. The van der Waals surface area contributed by atoms with Crippen LogP contribution in [0.3, 0.4) is 0 Å². The number of amides is 1. The molecule has 0 radical (unpaired) electrons. The van der Waals surface area contributed by atoms with Crippen molar-refractivity contribution < 1.29 is 4.79 Å². The van der Waals surface area contributed by atoms with Crippen LogP contribution in [0.5, 0.6) is 0 Å². The van der Waals surface area contributed by atoms with Crippen molar-refractivity contribution in [1.29, 1.82) is 0 Å². The molecule has 1 amide bonds. The second kappa shape index (κ2) is 7.55. The molecule has 0 spiro atoms. The zero-order chi connectivity index (χ0) is 16.8. The van der Waals surface area contributed by atoms with Crippen LogP contribution in [0.1, 0.15) is 51.0 Å². The summed E-state index contributed by atoms with van der Waals surface area (Å²) in [5.41, 5.74) is 0.675. The minimum absolute atomic E-state index is 0.0510. The highest BCUT2D eigenvalue weighted by molar-refractivity contribution is 5.84. The molecule has 1 aliphatic carbocycles. The Morgan fingerprint density at radius 1 is 1.25 bits per heavy atom. The lowest BCUT2D eigenvalue weighted by atomic mass is 9.80. The van der Waals surface area contributed by atoms with Crippen molar-refractivity contribution in [1.82, 2.24) is 25.5 Å². The van der Waals surface area contributed by atoms with Crippen LogP contribution < -0.4 is 5.32 Å². The quantitative estimate of drug-likeness (QED) is 0.884. The van der Waals surface area contributed by atoms with E-state index in [-0.39, 0.29) is 11.9 Å². The largest absolute Gasteiger partial charge is 0.352 e. The van der Waals surface area contributed by atoms with Gasteiger partial charge >= 0.3 is 0 Å². The normalized spacial score (nSPS) is 18.0. The molecule has 2 aromatic rings. The number of carbonyl (C=O) groups is 1. The van der Waals surface area contributed by atoms with Crippen LogP contribution in [-0.4, -0.2) is 32.2 Å². The SMILES string of the molecule is C[C@H](CCc1ccccc1)NC(=O)C1(n2cnnn2)CCCCC1. The van der Waals surface area contributed by atoms with Gasteiger partial charge in [-0.25, -0.2) is 4.68 Å². The minimum atomic E-state index is -0.622. The van der Waals surface area contributed by atoms with E-state index in [0.29, 0.717) is 0 Å². The maximum Gasteiger partial charge on any atom is 0.248 e. The highest BCUT2D eigenvalue weighted by atomic mass is 16.2. The smallest absolute Gasteiger partial charge is 0.248 e. The van der Waals surface area contributed by atoms with Crippen molar-refractivity contribution in [3.8, 4) is 0 Å². The Morgan fingerprint density at radius 2 is 2.00 bits per heavy atom. The summed E-state index contributed by atoms with van der Waals surface area (Å²) in [6.45, 7) is 2.07. The van der Waals surface area contributed by atoms with Crippen molar-refractivity contribution in [2.24, 2.45) is 0 Å². The van der Waals surface area contributed by atoms with E-state index in [2.05, 4.69) is 39.9 Å². The molecule has 1 saturated carbocycles. The van der Waals surface area contributed by atoms with Crippen molar-refractivity contribution in [3.05, 3.63) is 42.2 Å². The van der Waals surface area contributed by atoms with Crippen LogP contribution in [0.25, 0.3) is 0 Å². The summed E-state index contributed by atoms with van der Waals surface area (Å²) in [6.07, 6.45) is 8.28. The number of tetrazole rings is 1. The standard InChI is InChI=1S/C18H25N5O/c1-15(10-11-16-8-4-2-5-9-16)20-17(24)18(12-6-3-7-13-18)23-14-19-21-22-23/h2,4-5,8-9,14-15H,3,6-7,10-13H2,1H3,(H,20,24)/t15-/m1/s1. The number of carbonyl (C=O) groups excluding carboxylic acids is 1. The van der Waals surface area contributed by atoms with Crippen LogP contribution in [0.4, 0.5) is 0 Å². The van der Waals surface area contributed by atoms with Crippen molar-refractivity contribution in [2.45, 2.75) is 63.5 Å². The summed E-state index contributed by atoms with van der Waals surface area (Å²) in [5, 5.41) is 14.7. The first-order valence-electron chi connectivity index (χ1n) is 8.79. The number of aryl methyl sites for hydroxylation is 1. The molecule has 6 nitrogen and oxygen atoms in total. The molecule has 0 aliphatic heterocycles. The highest BCUT2D eigenvalue weighted by Gasteiger charge is 2.42. The lowest BCUT2D eigenvalue weighted by Gasteiger charge is -2.36. The van der Waals surface area contributed by atoms with Gasteiger partial charge in [-0.3, -0.25) is 4.79 Å². The Balaban J connectivity index is 1.63. The fraction of sp³-hybridized carbons (Fsp3) is 0.556. The molecule has 1 N–H and O–H groups in total. The summed E-state index contributed by atoms with van der Waals surface area (Å²) in [4.78, 5) is 13.0. The summed E-state index contributed by atoms with van der Waals surface area (Å²) in [7, 11) is 0. The average Bonchev–Trinajstić information content (AvgIpc) is 3.16. The first-order chi connectivity index (χ1) is 11.7. The molecule has 3 rings (SSSR count). The molecule has 1 fully saturated rings. The highest BCUT2D eigenvalue weighted by Crippen LogP contribution is 2.34. The number of hydrogen-bond donors (Lipinski definition) is 1. The number of benzene rings is 1. The third-order valence-corrected chi connectivity index (χ3v) is 4.98. The van der Waals surface area contributed by atoms with Crippen LogP contribution in [0, 0.1) is 0 Å². The number of rotatable bonds is 6. The first-order valence-corrected chi connectivity index (χ1v) is 8.79. The van der Waals surface area contributed by atoms with Crippen LogP contribution in [-0.2, 0) is 16.8 Å². The van der Waals surface area contributed by atoms with Gasteiger partial charge in [-0.2, -0.15) is 0 Å². The van der Waals surface area contributed by atoms with E-state index in [9.17, 15) is 4.79 Å². The van der Waals surface area contributed by atoms with Crippen LogP contribution >= 0.6 is 0 Å². The van der Waals surface area contributed by atoms with E-state index in [0.717, 1.165) is 38.5 Å². The monoisotopic (exact) mass is 327 g/mol. The van der Waals surface area contributed by atoms with Crippen molar-refractivity contribution in [3.63, 3.8) is 0 Å². The molecular weight excluding hydrogens is 302 g/mol. The zero-order valence-electron chi connectivity index (χ0n) is 14.2. The number of nitrogens with zero attached hydrogens (tertiary/aromatic N) is 4. The molecule has 1 aromatic carbocycles. The lowest BCUT2D eigenvalue weighted by Crippen LogP contribution is -2.52. The fourth-order valence-corrected chi connectivity index (χ4v) is 3.51. The number of aromatic nitrogens is 4. The van der Waals surface area contributed by atoms with Gasteiger partial charge in [0.25, 0.3) is 0 Å². The van der Waals surface area contributed by atoms with Gasteiger partial charge in [0.2, 0.25) is 5.91 Å². The van der Waals surface area contributed by atoms with Gasteiger partial charge in [-0.05, 0) is 48.6 Å². The first kappa shape index (κ1) is 16.6. The van der Waals surface area contributed by atoms with Gasteiger partial charge in [0.15, 0.2) is 0 Å². The molecular formula is C18H25N5O. The van der Waals surface area contributed by atoms with Crippen LogP contribution in [0.2, 0.25) is 0 Å². The van der Waals surface area contributed by atoms with Crippen molar-refractivity contribution >= 4 is 5.91 Å². The zero-order valence-corrected chi connectivity index (χ0v) is 14.2. The number of hydrogen-bond acceptors (Lipinski definition) is 4. The molecule has 0 saturated heterocycles. The molecule has 1 aromatic heterocycles. The van der Waals surface area contributed by atoms with Gasteiger partial charge in [0, 0.05) is 6.04 Å². The second-order valence-corrected chi connectivity index (χ2v) is 6.75. The molecule has 1 heterocycles. The van der Waals surface area contributed by atoms with E-state index < -0.39 is 5.54 Å². The fourth-order valence-electron chi connectivity index (χ4n) is 3.51. The second-order valence-electron chi connectivity index (χ2n) is 6.75. The number of nitrogens with one attached hydrogen (secondary N) is 1. The van der Waals surface area contributed by atoms with Gasteiger partial charge in [-0.1, -0.05) is 49.6 Å². The lowest BCUT2D eigenvalue weighted by molar-refractivity contribution is -0.133. The Morgan fingerprint density at radius 3 is 2.67 bits per heavy atom. The van der Waals surface area contributed by atoms with E-state index in [4.69, 9.17) is 0 Å². The van der Waals surface area contributed by atoms with Gasteiger partial charge in [0.1, 0.15) is 11.9 Å². The molecule has 1 aliphatic rings. The predicted molar refractivity (Wildman–Crippen MR) is 91.2 cm³/mol. The van der Waals surface area contributed by atoms with Crippen molar-refractivity contribution in [2.75, 3.05) is 0 Å². The predicted octanol–water partition coefficient (Wildman–Crippen LogP) is 2.47. The van der Waals surface area contributed by atoms with Crippen LogP contribution in [0.15, 0.2) is 36.7 Å². The Hall–Kier alpha value is -2.24. The van der Waals surface area contributed by atoms with E-state index in [1.165, 1.54) is 12.0 Å². The molecule has 6 heteroatoms. The summed E-state index contributed by atoms with van der Waals surface area (Å²) < 4.78 is 1.66. The van der Waals surface area contributed by atoms with Gasteiger partial charge in [0.05, 0.1) is 0 Å². The summed E-state index contributed by atoms with van der Waals surface area (Å²) >= 11 is 0. The minimum Gasteiger partial charge on any atom is -0.352 e. The van der Waals surface area contributed by atoms with E-state index in [1.54, 1.807) is 11.0 Å². The maximum atomic E-state index is 13.0. The Bertz CT molecular complexity index is 635. The van der Waals surface area contributed by atoms with E-state index in [1.807, 2.05) is 18.2 Å². The molecule has 0 bridgehead atoms. The Labute approximate surface area is 142 Å².